The van der Waals surface area contributed by atoms with Crippen molar-refractivity contribution in [2.45, 2.75) is 25.9 Å². The lowest BCUT2D eigenvalue weighted by atomic mass is 9.96. The Balaban J connectivity index is 1.90. The second-order valence-electron chi connectivity index (χ2n) is 5.22. The number of amides is 1. The number of hydrogen-bond acceptors (Lipinski definition) is 3. The molecule has 0 spiro atoms. The molecule has 6 heteroatoms. The third-order valence-electron chi connectivity index (χ3n) is 3.67. The summed E-state index contributed by atoms with van der Waals surface area (Å²) in [6, 6.07) is 7.04. The standard InChI is InChI=1S/C15H19ClN2O2S/c1-10(20-13-4-2-3-12(16)9-13)15(19)18-7-5-11(6-8-18)14(17)21/h2-4,9-11H,5-8H2,1H3,(H2,17,21). The summed E-state index contributed by atoms with van der Waals surface area (Å²) in [6.45, 7) is 3.09. The van der Waals surface area contributed by atoms with Crippen molar-refractivity contribution in [3.8, 4) is 5.75 Å². The monoisotopic (exact) mass is 326 g/mol. The molecule has 0 radical (unpaired) electrons. The average Bonchev–Trinajstić information content (AvgIpc) is 2.46. The molecule has 0 saturated carbocycles. The van der Waals surface area contributed by atoms with Gasteiger partial charge in [-0.05, 0) is 38.0 Å². The maximum atomic E-state index is 12.4. The summed E-state index contributed by atoms with van der Waals surface area (Å²) in [5, 5.41) is 0.587. The SMILES string of the molecule is CC(Oc1cccc(Cl)c1)C(=O)N1CCC(C(N)=S)CC1. The number of ether oxygens (including phenoxy) is 1. The molecule has 2 rings (SSSR count). The van der Waals surface area contributed by atoms with E-state index in [1.807, 2.05) is 4.90 Å². The highest BCUT2D eigenvalue weighted by Crippen LogP contribution is 2.21. The minimum atomic E-state index is -0.537. The van der Waals surface area contributed by atoms with Crippen LogP contribution in [-0.4, -0.2) is 35.0 Å². The largest absolute Gasteiger partial charge is 0.481 e. The highest BCUT2D eigenvalue weighted by atomic mass is 35.5. The van der Waals surface area contributed by atoms with Crippen molar-refractivity contribution in [1.82, 2.24) is 4.90 Å². The number of nitrogens with zero attached hydrogens (tertiary/aromatic N) is 1. The van der Waals surface area contributed by atoms with Crippen molar-refractivity contribution in [3.63, 3.8) is 0 Å². The molecule has 21 heavy (non-hydrogen) atoms. The van der Waals surface area contributed by atoms with Gasteiger partial charge in [-0.3, -0.25) is 4.79 Å². The fraction of sp³-hybridized carbons (Fsp3) is 0.467. The van der Waals surface area contributed by atoms with Gasteiger partial charge in [0.2, 0.25) is 0 Å². The molecule has 0 bridgehead atoms. The summed E-state index contributed by atoms with van der Waals surface area (Å²) < 4.78 is 5.66. The van der Waals surface area contributed by atoms with Crippen LogP contribution in [0.25, 0.3) is 0 Å². The maximum absolute atomic E-state index is 12.4. The minimum absolute atomic E-state index is 0.0173. The summed E-state index contributed by atoms with van der Waals surface area (Å²) in [4.78, 5) is 14.7. The Morgan fingerprint density at radius 3 is 2.71 bits per heavy atom. The summed E-state index contributed by atoms with van der Waals surface area (Å²) in [5.74, 6) is 0.825. The number of hydrogen-bond donors (Lipinski definition) is 1. The second-order valence-corrected chi connectivity index (χ2v) is 6.13. The number of benzene rings is 1. The fourth-order valence-corrected chi connectivity index (χ4v) is 2.85. The van der Waals surface area contributed by atoms with E-state index in [2.05, 4.69) is 0 Å². The Morgan fingerprint density at radius 2 is 2.14 bits per heavy atom. The van der Waals surface area contributed by atoms with Gasteiger partial charge < -0.3 is 15.4 Å². The average molecular weight is 327 g/mol. The van der Waals surface area contributed by atoms with Crippen molar-refractivity contribution in [1.29, 1.82) is 0 Å². The van der Waals surface area contributed by atoms with E-state index < -0.39 is 6.10 Å². The van der Waals surface area contributed by atoms with Crippen LogP contribution in [0, 0.1) is 5.92 Å². The van der Waals surface area contributed by atoms with Gasteiger partial charge in [0.05, 0.1) is 4.99 Å². The molecule has 0 aromatic heterocycles. The van der Waals surface area contributed by atoms with Gasteiger partial charge >= 0.3 is 0 Å². The number of carbonyl (C=O) groups excluding carboxylic acids is 1. The van der Waals surface area contributed by atoms with Crippen LogP contribution >= 0.6 is 23.8 Å². The zero-order chi connectivity index (χ0) is 15.4. The molecule has 0 aliphatic carbocycles. The molecular formula is C15H19ClN2O2S. The van der Waals surface area contributed by atoms with Gasteiger partial charge in [0.25, 0.3) is 5.91 Å². The first kappa shape index (κ1) is 16.0. The van der Waals surface area contributed by atoms with Gasteiger partial charge in [0, 0.05) is 24.0 Å². The van der Waals surface area contributed by atoms with Gasteiger partial charge in [-0.15, -0.1) is 0 Å². The Labute approximate surface area is 135 Å². The van der Waals surface area contributed by atoms with E-state index in [9.17, 15) is 4.79 Å². The van der Waals surface area contributed by atoms with E-state index in [-0.39, 0.29) is 11.8 Å². The Bertz CT molecular complexity index is 530. The van der Waals surface area contributed by atoms with Crippen molar-refractivity contribution in [3.05, 3.63) is 29.3 Å². The Morgan fingerprint density at radius 1 is 1.48 bits per heavy atom. The van der Waals surface area contributed by atoms with Crippen LogP contribution < -0.4 is 10.5 Å². The summed E-state index contributed by atoms with van der Waals surface area (Å²) in [6.07, 6.45) is 1.11. The summed E-state index contributed by atoms with van der Waals surface area (Å²) in [5.41, 5.74) is 5.66. The van der Waals surface area contributed by atoms with Crippen LogP contribution in [0.5, 0.6) is 5.75 Å². The molecule has 2 N–H and O–H groups in total. The third-order valence-corrected chi connectivity index (χ3v) is 4.23. The molecule has 1 fully saturated rings. The van der Waals surface area contributed by atoms with Gasteiger partial charge in [0.1, 0.15) is 5.75 Å². The van der Waals surface area contributed by atoms with Gasteiger partial charge in [-0.2, -0.15) is 0 Å². The number of piperidine rings is 1. The van der Waals surface area contributed by atoms with Crippen LogP contribution in [-0.2, 0) is 4.79 Å². The van der Waals surface area contributed by atoms with Crippen molar-refractivity contribution in [2.75, 3.05) is 13.1 Å². The molecule has 1 aliphatic heterocycles. The lowest BCUT2D eigenvalue weighted by Gasteiger charge is -2.33. The molecular weight excluding hydrogens is 308 g/mol. The van der Waals surface area contributed by atoms with Crippen LogP contribution in [0.1, 0.15) is 19.8 Å². The van der Waals surface area contributed by atoms with E-state index in [0.717, 1.165) is 12.8 Å². The minimum Gasteiger partial charge on any atom is -0.481 e. The van der Waals surface area contributed by atoms with Crippen LogP contribution in [0.15, 0.2) is 24.3 Å². The molecule has 1 unspecified atom stereocenters. The highest BCUT2D eigenvalue weighted by molar-refractivity contribution is 7.80. The van der Waals surface area contributed by atoms with Gasteiger partial charge in [-0.25, -0.2) is 0 Å². The summed E-state index contributed by atoms with van der Waals surface area (Å²) in [7, 11) is 0. The maximum Gasteiger partial charge on any atom is 0.263 e. The van der Waals surface area contributed by atoms with Crippen LogP contribution in [0.2, 0.25) is 5.02 Å². The zero-order valence-electron chi connectivity index (χ0n) is 11.9. The predicted molar refractivity (Wildman–Crippen MR) is 87.6 cm³/mol. The van der Waals surface area contributed by atoms with Crippen LogP contribution in [0.4, 0.5) is 0 Å². The Hall–Kier alpha value is -1.33. The number of nitrogens with two attached hydrogens (primary N) is 1. The molecule has 1 atom stereocenters. The van der Waals surface area contributed by atoms with E-state index in [1.54, 1.807) is 31.2 Å². The van der Waals surface area contributed by atoms with Crippen LogP contribution in [0.3, 0.4) is 0 Å². The smallest absolute Gasteiger partial charge is 0.263 e. The first-order chi connectivity index (χ1) is 9.97. The Kier molecular flexibility index (Phi) is 5.42. The normalized spacial score (nSPS) is 17.3. The number of halogens is 1. The fourth-order valence-electron chi connectivity index (χ4n) is 2.44. The lowest BCUT2D eigenvalue weighted by Crippen LogP contribution is -2.46. The second kappa shape index (κ2) is 7.09. The van der Waals surface area contributed by atoms with E-state index >= 15 is 0 Å². The van der Waals surface area contributed by atoms with Crippen molar-refractivity contribution in [2.24, 2.45) is 11.7 Å². The molecule has 1 aromatic rings. The molecule has 4 nitrogen and oxygen atoms in total. The first-order valence-corrected chi connectivity index (χ1v) is 7.76. The number of likely N-dealkylation sites (tertiary alicyclic amines) is 1. The molecule has 1 amide bonds. The van der Waals surface area contributed by atoms with E-state index in [0.29, 0.717) is 28.9 Å². The molecule has 114 valence electrons. The number of thiocarbonyl (C=S) groups is 1. The first-order valence-electron chi connectivity index (χ1n) is 6.97. The highest BCUT2D eigenvalue weighted by Gasteiger charge is 2.27. The molecule has 1 saturated heterocycles. The van der Waals surface area contributed by atoms with Crippen molar-refractivity contribution < 1.29 is 9.53 Å². The topological polar surface area (TPSA) is 55.6 Å². The molecule has 1 aromatic carbocycles. The number of carbonyl (C=O) groups is 1. The van der Waals surface area contributed by atoms with E-state index in [4.69, 9.17) is 34.3 Å². The van der Waals surface area contributed by atoms with Gasteiger partial charge in [-0.1, -0.05) is 29.9 Å². The zero-order valence-corrected chi connectivity index (χ0v) is 13.5. The predicted octanol–water partition coefficient (Wildman–Crippen LogP) is 2.63. The summed E-state index contributed by atoms with van der Waals surface area (Å²) >= 11 is 10.9. The third kappa shape index (κ3) is 4.32. The number of rotatable bonds is 4. The van der Waals surface area contributed by atoms with E-state index in [1.165, 1.54) is 0 Å². The lowest BCUT2D eigenvalue weighted by molar-refractivity contribution is -0.139. The quantitative estimate of drug-likeness (QED) is 0.864. The molecule has 1 aliphatic rings. The van der Waals surface area contributed by atoms with Gasteiger partial charge in [0.15, 0.2) is 6.10 Å². The molecule has 1 heterocycles. The van der Waals surface area contributed by atoms with Crippen molar-refractivity contribution >= 4 is 34.7 Å².